The normalized spacial score (nSPS) is 12.5. The minimum absolute atomic E-state index is 0.117. The number of rotatable bonds is 7. The Kier molecular flexibility index (Phi) is 7.08. The van der Waals surface area contributed by atoms with Crippen molar-refractivity contribution < 1.29 is 17.6 Å². The highest BCUT2D eigenvalue weighted by Crippen LogP contribution is 2.24. The van der Waals surface area contributed by atoms with Crippen molar-refractivity contribution in [3.05, 3.63) is 63.9 Å². The molecule has 0 aliphatic heterocycles. The summed E-state index contributed by atoms with van der Waals surface area (Å²) in [6, 6.07) is 8.83. The number of halogens is 3. The molecule has 0 aromatic heterocycles. The quantitative estimate of drug-likeness (QED) is 0.718. The number of nitrogens with one attached hydrogen (secondary N) is 1. The van der Waals surface area contributed by atoms with E-state index in [1.54, 1.807) is 25.1 Å². The minimum Gasteiger partial charge on any atom is -0.350 e. The third kappa shape index (κ3) is 5.57. The zero-order valence-electron chi connectivity index (χ0n) is 14.7. The monoisotopic (exact) mass is 432 g/mol. The van der Waals surface area contributed by atoms with Gasteiger partial charge < -0.3 is 5.32 Å². The molecule has 0 unspecified atom stereocenters. The highest BCUT2D eigenvalue weighted by molar-refractivity contribution is 7.92. The second-order valence-electron chi connectivity index (χ2n) is 5.91. The second-order valence-corrected chi connectivity index (χ2v) is 8.62. The molecular formula is C18H19Cl2FN2O3S. The molecule has 0 aliphatic rings. The van der Waals surface area contributed by atoms with Crippen LogP contribution in [0.4, 0.5) is 10.1 Å². The Bertz CT molecular complexity index is 921. The zero-order valence-corrected chi connectivity index (χ0v) is 17.1. The maximum Gasteiger partial charge on any atom is 0.244 e. The molecule has 1 atom stereocenters. The summed E-state index contributed by atoms with van der Waals surface area (Å²) < 4.78 is 38.8. The first-order chi connectivity index (χ1) is 12.6. The van der Waals surface area contributed by atoms with Crippen molar-refractivity contribution in [3.63, 3.8) is 0 Å². The molecule has 9 heteroatoms. The van der Waals surface area contributed by atoms with Crippen molar-refractivity contribution in [2.24, 2.45) is 0 Å². The average molecular weight is 433 g/mol. The largest absolute Gasteiger partial charge is 0.350 e. The van der Waals surface area contributed by atoms with Crippen LogP contribution in [-0.4, -0.2) is 26.6 Å². The number of amides is 1. The molecule has 27 heavy (non-hydrogen) atoms. The number of sulfonamides is 1. The maximum atomic E-state index is 13.2. The van der Waals surface area contributed by atoms with E-state index >= 15 is 0 Å². The minimum atomic E-state index is -3.78. The summed E-state index contributed by atoms with van der Waals surface area (Å²) in [6.45, 7) is 1.81. The standard InChI is InChI=1S/C18H19Cl2FN2O3S/c1-3-17(18(24)22-11-12-4-5-13(19)10-16(12)20)23(27(2,25)26)15-8-6-14(21)7-9-15/h4-10,17H,3,11H2,1-2H3,(H,22,24)/t17-/m0/s1. The smallest absolute Gasteiger partial charge is 0.244 e. The maximum absolute atomic E-state index is 13.2. The number of carbonyl (C=O) groups excluding carboxylic acids is 1. The van der Waals surface area contributed by atoms with Gasteiger partial charge in [0, 0.05) is 16.6 Å². The first-order valence-electron chi connectivity index (χ1n) is 8.10. The third-order valence-electron chi connectivity index (χ3n) is 3.88. The summed E-state index contributed by atoms with van der Waals surface area (Å²) >= 11 is 11.9. The van der Waals surface area contributed by atoms with E-state index in [1.807, 2.05) is 0 Å². The lowest BCUT2D eigenvalue weighted by molar-refractivity contribution is -0.122. The van der Waals surface area contributed by atoms with Gasteiger partial charge in [-0.3, -0.25) is 9.10 Å². The Labute approximate surface area is 168 Å². The van der Waals surface area contributed by atoms with Crippen LogP contribution in [0.3, 0.4) is 0 Å². The number of carbonyl (C=O) groups is 1. The molecule has 0 saturated carbocycles. The van der Waals surface area contributed by atoms with Crippen LogP contribution in [0.2, 0.25) is 10.0 Å². The Balaban J connectivity index is 2.25. The topological polar surface area (TPSA) is 66.5 Å². The van der Waals surface area contributed by atoms with E-state index in [9.17, 15) is 17.6 Å². The van der Waals surface area contributed by atoms with Gasteiger partial charge in [-0.15, -0.1) is 0 Å². The van der Waals surface area contributed by atoms with E-state index in [0.717, 1.165) is 22.7 Å². The molecule has 0 aliphatic carbocycles. The summed E-state index contributed by atoms with van der Waals surface area (Å²) in [6.07, 6.45) is 1.23. The van der Waals surface area contributed by atoms with Gasteiger partial charge in [-0.05, 0) is 48.4 Å². The van der Waals surface area contributed by atoms with Gasteiger partial charge in [0.05, 0.1) is 11.9 Å². The van der Waals surface area contributed by atoms with E-state index < -0.39 is 27.8 Å². The molecular weight excluding hydrogens is 414 g/mol. The van der Waals surface area contributed by atoms with Crippen molar-refractivity contribution in [1.82, 2.24) is 5.32 Å². The highest BCUT2D eigenvalue weighted by Gasteiger charge is 2.31. The summed E-state index contributed by atoms with van der Waals surface area (Å²) in [7, 11) is -3.78. The number of benzene rings is 2. The molecule has 0 spiro atoms. The number of hydrogen-bond acceptors (Lipinski definition) is 3. The van der Waals surface area contributed by atoms with Crippen LogP contribution in [0.1, 0.15) is 18.9 Å². The van der Waals surface area contributed by atoms with Gasteiger partial charge in [0.2, 0.25) is 15.9 Å². The van der Waals surface area contributed by atoms with Gasteiger partial charge in [0.25, 0.3) is 0 Å². The lowest BCUT2D eigenvalue weighted by Crippen LogP contribution is -2.49. The molecule has 1 N–H and O–H groups in total. The van der Waals surface area contributed by atoms with Gasteiger partial charge in [-0.2, -0.15) is 0 Å². The van der Waals surface area contributed by atoms with E-state index in [0.29, 0.717) is 15.6 Å². The summed E-state index contributed by atoms with van der Waals surface area (Å²) in [4.78, 5) is 12.7. The summed E-state index contributed by atoms with van der Waals surface area (Å²) in [5.41, 5.74) is 0.863. The molecule has 146 valence electrons. The van der Waals surface area contributed by atoms with Crippen molar-refractivity contribution in [2.75, 3.05) is 10.6 Å². The van der Waals surface area contributed by atoms with Crippen molar-refractivity contribution >= 4 is 44.8 Å². The average Bonchev–Trinajstić information content (AvgIpc) is 2.58. The van der Waals surface area contributed by atoms with E-state index in [2.05, 4.69) is 5.32 Å². The van der Waals surface area contributed by atoms with E-state index in [4.69, 9.17) is 23.2 Å². The van der Waals surface area contributed by atoms with Crippen molar-refractivity contribution in [1.29, 1.82) is 0 Å². The molecule has 0 radical (unpaired) electrons. The number of hydrogen-bond donors (Lipinski definition) is 1. The fourth-order valence-corrected chi connectivity index (χ4v) is 4.30. The van der Waals surface area contributed by atoms with Crippen LogP contribution in [0.5, 0.6) is 0 Å². The number of nitrogens with zero attached hydrogens (tertiary/aromatic N) is 1. The number of anilines is 1. The predicted octanol–water partition coefficient (Wildman–Crippen LogP) is 3.99. The van der Waals surface area contributed by atoms with Gasteiger partial charge in [-0.25, -0.2) is 12.8 Å². The molecule has 5 nitrogen and oxygen atoms in total. The zero-order chi connectivity index (χ0) is 20.2. The van der Waals surface area contributed by atoms with Crippen LogP contribution in [-0.2, 0) is 21.4 Å². The molecule has 0 fully saturated rings. The van der Waals surface area contributed by atoms with Crippen LogP contribution in [0, 0.1) is 5.82 Å². The Morgan fingerprint density at radius 1 is 1.19 bits per heavy atom. The molecule has 0 saturated heterocycles. The van der Waals surface area contributed by atoms with Crippen LogP contribution >= 0.6 is 23.2 Å². The molecule has 0 bridgehead atoms. The highest BCUT2D eigenvalue weighted by atomic mass is 35.5. The summed E-state index contributed by atoms with van der Waals surface area (Å²) in [5.74, 6) is -0.986. The van der Waals surface area contributed by atoms with Gasteiger partial charge >= 0.3 is 0 Å². The fraction of sp³-hybridized carbons (Fsp3) is 0.278. The Hall–Kier alpha value is -1.83. The lowest BCUT2D eigenvalue weighted by Gasteiger charge is -2.30. The first kappa shape index (κ1) is 21.5. The van der Waals surface area contributed by atoms with Crippen molar-refractivity contribution in [3.8, 4) is 0 Å². The SMILES string of the molecule is CC[C@@H](C(=O)NCc1ccc(Cl)cc1Cl)N(c1ccc(F)cc1)S(C)(=O)=O. The van der Waals surface area contributed by atoms with Crippen LogP contribution in [0.25, 0.3) is 0 Å². The lowest BCUT2D eigenvalue weighted by atomic mass is 10.1. The third-order valence-corrected chi connectivity index (χ3v) is 5.65. The first-order valence-corrected chi connectivity index (χ1v) is 10.7. The van der Waals surface area contributed by atoms with Crippen molar-refractivity contribution in [2.45, 2.75) is 25.9 Å². The van der Waals surface area contributed by atoms with Gasteiger partial charge in [-0.1, -0.05) is 36.2 Å². The van der Waals surface area contributed by atoms with Crippen LogP contribution < -0.4 is 9.62 Å². The second kappa shape index (κ2) is 8.91. The predicted molar refractivity (Wildman–Crippen MR) is 106 cm³/mol. The molecule has 1 amide bonds. The Morgan fingerprint density at radius 2 is 1.81 bits per heavy atom. The van der Waals surface area contributed by atoms with Gasteiger partial charge in [0.1, 0.15) is 11.9 Å². The molecule has 2 aromatic rings. The molecule has 0 heterocycles. The van der Waals surface area contributed by atoms with E-state index in [-0.39, 0.29) is 18.7 Å². The molecule has 2 aromatic carbocycles. The fourth-order valence-electron chi connectivity index (χ4n) is 2.61. The molecule has 2 rings (SSSR count). The van der Waals surface area contributed by atoms with E-state index in [1.165, 1.54) is 12.1 Å². The summed E-state index contributed by atoms with van der Waals surface area (Å²) in [5, 5.41) is 3.57. The van der Waals surface area contributed by atoms with Crippen LogP contribution in [0.15, 0.2) is 42.5 Å². The Morgan fingerprint density at radius 3 is 2.33 bits per heavy atom. The van der Waals surface area contributed by atoms with Gasteiger partial charge in [0.15, 0.2) is 0 Å².